The van der Waals surface area contributed by atoms with Crippen LogP contribution in [-0.2, 0) is 11.4 Å². The van der Waals surface area contributed by atoms with Crippen molar-refractivity contribution in [1.29, 1.82) is 0 Å². The van der Waals surface area contributed by atoms with Gasteiger partial charge in [-0.1, -0.05) is 35.0 Å². The fraction of sp³-hybridized carbons (Fsp3) is 0.273. The van der Waals surface area contributed by atoms with Crippen LogP contribution >= 0.6 is 43.6 Å². The molecule has 0 saturated carbocycles. The molecule has 0 unspecified atom stereocenters. The van der Waals surface area contributed by atoms with Gasteiger partial charge in [-0.25, -0.2) is 0 Å². The van der Waals surface area contributed by atoms with Crippen molar-refractivity contribution in [2.24, 2.45) is 0 Å². The van der Waals surface area contributed by atoms with Crippen molar-refractivity contribution in [2.75, 3.05) is 13.2 Å². The highest BCUT2D eigenvalue weighted by Crippen LogP contribution is 2.39. The van der Waals surface area contributed by atoms with Crippen molar-refractivity contribution in [3.63, 3.8) is 0 Å². The molecular weight excluding hydrogens is 534 g/mol. The van der Waals surface area contributed by atoms with Crippen LogP contribution < -0.4 is 9.47 Å². The maximum atomic E-state index is 12.5. The number of halogens is 2. The van der Waals surface area contributed by atoms with Crippen molar-refractivity contribution in [3.05, 3.63) is 61.4 Å². The Balaban J connectivity index is 1.85. The quantitative estimate of drug-likeness (QED) is 0.342. The van der Waals surface area contributed by atoms with Gasteiger partial charge in [0.1, 0.15) is 6.61 Å². The summed E-state index contributed by atoms with van der Waals surface area (Å²) >= 11 is 7.94. The summed E-state index contributed by atoms with van der Waals surface area (Å²) in [6.07, 6.45) is 2.45. The Bertz CT molecular complexity index is 976. The first-order valence-corrected chi connectivity index (χ1v) is 11.9. The highest BCUT2D eigenvalue weighted by Gasteiger charge is 2.34. The van der Waals surface area contributed by atoms with E-state index < -0.39 is 0 Å². The minimum Gasteiger partial charge on any atom is -0.490 e. The zero-order valence-electron chi connectivity index (χ0n) is 16.6. The minimum absolute atomic E-state index is 0.230. The number of hydrogen-bond acceptors (Lipinski definition) is 5. The molecule has 30 heavy (non-hydrogen) atoms. The average molecular weight is 555 g/mol. The van der Waals surface area contributed by atoms with Gasteiger partial charge in [-0.3, -0.25) is 14.5 Å². The molecule has 1 aliphatic rings. The standard InChI is InChI=1S/C22H21Br2NO4S/c1-3-9-25-21(26)19(30-22(25)27)12-15-10-17(24)20(18(11-15)28-4-2)29-13-14-5-7-16(23)8-6-14/h5-8,10-12H,3-4,9,13H2,1-2H3/b19-12+. The normalized spacial score (nSPS) is 15.2. The third-order valence-corrected chi connectivity index (χ3v) is 6.27. The summed E-state index contributed by atoms with van der Waals surface area (Å²) in [5.41, 5.74) is 1.78. The van der Waals surface area contributed by atoms with E-state index in [9.17, 15) is 9.59 Å². The van der Waals surface area contributed by atoms with Crippen molar-refractivity contribution in [2.45, 2.75) is 26.9 Å². The summed E-state index contributed by atoms with van der Waals surface area (Å²) in [6.45, 7) is 5.12. The first kappa shape index (κ1) is 22.9. The van der Waals surface area contributed by atoms with E-state index in [0.29, 0.717) is 40.6 Å². The average Bonchev–Trinajstić information content (AvgIpc) is 2.97. The molecular formula is C22H21Br2NO4S. The van der Waals surface area contributed by atoms with Gasteiger partial charge in [-0.2, -0.15) is 0 Å². The lowest BCUT2D eigenvalue weighted by Gasteiger charge is -2.15. The smallest absolute Gasteiger partial charge is 0.293 e. The van der Waals surface area contributed by atoms with Crippen molar-refractivity contribution < 1.29 is 19.1 Å². The van der Waals surface area contributed by atoms with E-state index in [1.165, 1.54) is 4.90 Å². The van der Waals surface area contributed by atoms with Crippen molar-refractivity contribution in [3.8, 4) is 11.5 Å². The van der Waals surface area contributed by atoms with E-state index >= 15 is 0 Å². The molecule has 0 aromatic heterocycles. The Morgan fingerprint density at radius 1 is 1.07 bits per heavy atom. The predicted molar refractivity (Wildman–Crippen MR) is 127 cm³/mol. The summed E-state index contributed by atoms with van der Waals surface area (Å²) < 4.78 is 13.5. The van der Waals surface area contributed by atoms with E-state index in [0.717, 1.165) is 33.8 Å². The Kier molecular flexibility index (Phi) is 8.02. The number of imide groups is 1. The second-order valence-corrected chi connectivity index (χ2v) is 9.27. The van der Waals surface area contributed by atoms with Crippen LogP contribution in [0.15, 0.2) is 50.2 Å². The lowest BCUT2D eigenvalue weighted by Crippen LogP contribution is -2.28. The number of nitrogens with zero attached hydrogens (tertiary/aromatic N) is 1. The zero-order chi connectivity index (χ0) is 21.7. The number of carbonyl (C=O) groups excluding carboxylic acids is 2. The van der Waals surface area contributed by atoms with Gasteiger partial charge < -0.3 is 9.47 Å². The van der Waals surface area contributed by atoms with Gasteiger partial charge >= 0.3 is 0 Å². The molecule has 1 heterocycles. The van der Waals surface area contributed by atoms with Crippen LogP contribution in [0.2, 0.25) is 0 Å². The fourth-order valence-electron chi connectivity index (χ4n) is 2.88. The first-order valence-electron chi connectivity index (χ1n) is 9.51. The SMILES string of the molecule is CCCN1C(=O)S/C(=C/c2cc(Br)c(OCc3ccc(Br)cc3)c(OCC)c2)C1=O. The Labute approximate surface area is 197 Å². The summed E-state index contributed by atoms with van der Waals surface area (Å²) in [7, 11) is 0. The molecule has 2 aromatic carbocycles. The third-order valence-electron chi connectivity index (χ3n) is 4.25. The number of rotatable bonds is 8. The molecule has 0 radical (unpaired) electrons. The molecule has 5 nitrogen and oxygen atoms in total. The van der Waals surface area contributed by atoms with Crippen LogP contribution in [0, 0.1) is 0 Å². The van der Waals surface area contributed by atoms with E-state index in [1.807, 2.05) is 50.2 Å². The molecule has 2 aromatic rings. The third kappa shape index (κ3) is 5.47. The molecule has 1 aliphatic heterocycles. The van der Waals surface area contributed by atoms with E-state index in [2.05, 4.69) is 31.9 Å². The molecule has 0 atom stereocenters. The lowest BCUT2D eigenvalue weighted by molar-refractivity contribution is -0.122. The van der Waals surface area contributed by atoms with Crippen molar-refractivity contribution >= 4 is 60.8 Å². The number of amides is 2. The number of benzene rings is 2. The first-order chi connectivity index (χ1) is 14.4. The number of thioether (sulfide) groups is 1. The van der Waals surface area contributed by atoms with Crippen LogP contribution in [0.5, 0.6) is 11.5 Å². The maximum Gasteiger partial charge on any atom is 0.293 e. The maximum absolute atomic E-state index is 12.5. The molecule has 8 heteroatoms. The molecule has 158 valence electrons. The van der Waals surface area contributed by atoms with Crippen molar-refractivity contribution in [1.82, 2.24) is 4.90 Å². The van der Waals surface area contributed by atoms with Crippen LogP contribution in [0.4, 0.5) is 4.79 Å². The lowest BCUT2D eigenvalue weighted by atomic mass is 10.1. The van der Waals surface area contributed by atoms with Gasteiger partial charge in [0.2, 0.25) is 0 Å². The van der Waals surface area contributed by atoms with Crippen LogP contribution in [0.1, 0.15) is 31.4 Å². The van der Waals surface area contributed by atoms with E-state index in [-0.39, 0.29) is 11.1 Å². The molecule has 0 N–H and O–H groups in total. The molecule has 3 rings (SSSR count). The van der Waals surface area contributed by atoms with Crippen LogP contribution in [0.25, 0.3) is 6.08 Å². The molecule has 1 saturated heterocycles. The molecule has 2 amide bonds. The largest absolute Gasteiger partial charge is 0.490 e. The monoisotopic (exact) mass is 553 g/mol. The van der Waals surface area contributed by atoms with Crippen LogP contribution in [-0.4, -0.2) is 29.2 Å². The fourth-order valence-corrected chi connectivity index (χ4v) is 4.58. The van der Waals surface area contributed by atoms with Gasteiger partial charge in [0.05, 0.1) is 16.0 Å². The van der Waals surface area contributed by atoms with E-state index in [4.69, 9.17) is 9.47 Å². The van der Waals surface area contributed by atoms with Crippen LogP contribution in [0.3, 0.4) is 0 Å². The molecule has 1 fully saturated rings. The van der Waals surface area contributed by atoms with Gasteiger partial charge in [0, 0.05) is 11.0 Å². The van der Waals surface area contributed by atoms with Gasteiger partial charge in [-0.05, 0) is 82.5 Å². The van der Waals surface area contributed by atoms with Gasteiger partial charge in [-0.15, -0.1) is 0 Å². The second-order valence-electron chi connectivity index (χ2n) is 6.51. The summed E-state index contributed by atoms with van der Waals surface area (Å²) in [5, 5.41) is -0.230. The minimum atomic E-state index is -0.253. The Morgan fingerprint density at radius 2 is 1.80 bits per heavy atom. The summed E-state index contributed by atoms with van der Waals surface area (Å²) in [4.78, 5) is 26.3. The highest BCUT2D eigenvalue weighted by molar-refractivity contribution is 9.10. The Hall–Kier alpha value is -1.77. The zero-order valence-corrected chi connectivity index (χ0v) is 20.6. The molecule has 0 bridgehead atoms. The van der Waals surface area contributed by atoms with Gasteiger partial charge in [0.15, 0.2) is 11.5 Å². The highest BCUT2D eigenvalue weighted by atomic mass is 79.9. The summed E-state index contributed by atoms with van der Waals surface area (Å²) in [6, 6.07) is 11.6. The second kappa shape index (κ2) is 10.5. The number of hydrogen-bond donors (Lipinski definition) is 0. The Morgan fingerprint density at radius 3 is 2.47 bits per heavy atom. The topological polar surface area (TPSA) is 55.8 Å². The number of ether oxygens (including phenoxy) is 2. The molecule has 0 aliphatic carbocycles. The number of carbonyl (C=O) groups is 2. The van der Waals surface area contributed by atoms with E-state index in [1.54, 1.807) is 6.08 Å². The van der Waals surface area contributed by atoms with Gasteiger partial charge in [0.25, 0.3) is 11.1 Å². The summed E-state index contributed by atoms with van der Waals surface area (Å²) in [5.74, 6) is 0.913. The molecule has 0 spiro atoms. The predicted octanol–water partition coefficient (Wildman–Crippen LogP) is 6.64.